The Balaban J connectivity index is 1.82. The molecule has 2 aromatic carbocycles. The van der Waals surface area contributed by atoms with Crippen LogP contribution in [-0.4, -0.2) is 12.6 Å². The summed E-state index contributed by atoms with van der Waals surface area (Å²) in [6.45, 7) is 20.7. The molecule has 0 radical (unpaired) electrons. The van der Waals surface area contributed by atoms with Crippen LogP contribution in [-0.2, 0) is 11.2 Å². The summed E-state index contributed by atoms with van der Waals surface area (Å²) in [6.07, 6.45) is 12.1. The fourth-order valence-electron chi connectivity index (χ4n) is 4.58. The van der Waals surface area contributed by atoms with Gasteiger partial charge in [0.25, 0.3) is 0 Å². The van der Waals surface area contributed by atoms with Gasteiger partial charge < -0.3 is 10.1 Å². The SMILES string of the molecule is C=C1OC(C)C(C)/C=C\C(=C)C(C)C(C)C/C=C/c2cc(CCCNc3ccccc3)cc(C)c21. The lowest BCUT2D eigenvalue weighted by Crippen LogP contribution is -2.17. The van der Waals surface area contributed by atoms with Gasteiger partial charge in [0, 0.05) is 23.7 Å². The maximum absolute atomic E-state index is 6.37. The van der Waals surface area contributed by atoms with Crippen LogP contribution < -0.4 is 5.32 Å². The highest BCUT2D eigenvalue weighted by molar-refractivity contribution is 5.73. The molecule has 1 N–H and O–H groups in total. The Bertz CT molecular complexity index is 1060. The number of anilines is 1. The third kappa shape index (κ3) is 7.49. The Morgan fingerprint density at radius 1 is 1.00 bits per heavy atom. The van der Waals surface area contributed by atoms with Crippen molar-refractivity contribution < 1.29 is 4.74 Å². The second kappa shape index (κ2) is 12.6. The zero-order chi connectivity index (χ0) is 25.4. The third-order valence-corrected chi connectivity index (χ3v) is 7.38. The van der Waals surface area contributed by atoms with E-state index in [1.165, 1.54) is 28.0 Å². The third-order valence-electron chi connectivity index (χ3n) is 7.38. The minimum absolute atomic E-state index is 0.0298. The Kier molecular flexibility index (Phi) is 9.60. The highest BCUT2D eigenvalue weighted by Gasteiger charge is 2.18. The minimum Gasteiger partial charge on any atom is -0.490 e. The summed E-state index contributed by atoms with van der Waals surface area (Å²) in [5, 5.41) is 3.52. The molecular weight excluding hydrogens is 426 g/mol. The van der Waals surface area contributed by atoms with Crippen molar-refractivity contribution in [3.05, 3.63) is 102 Å². The van der Waals surface area contributed by atoms with Crippen LogP contribution in [0.1, 0.15) is 62.8 Å². The van der Waals surface area contributed by atoms with Gasteiger partial charge in [-0.05, 0) is 73.8 Å². The van der Waals surface area contributed by atoms with Crippen LogP contribution in [0.25, 0.3) is 11.8 Å². The molecule has 0 saturated heterocycles. The first-order chi connectivity index (χ1) is 16.8. The topological polar surface area (TPSA) is 21.3 Å². The monoisotopic (exact) mass is 469 g/mol. The van der Waals surface area contributed by atoms with Crippen molar-refractivity contribution in [1.82, 2.24) is 0 Å². The van der Waals surface area contributed by atoms with Gasteiger partial charge in [0.15, 0.2) is 0 Å². The van der Waals surface area contributed by atoms with E-state index in [-0.39, 0.29) is 12.0 Å². The average molecular weight is 470 g/mol. The van der Waals surface area contributed by atoms with Gasteiger partial charge in [-0.2, -0.15) is 0 Å². The smallest absolute Gasteiger partial charge is 0.120 e. The van der Waals surface area contributed by atoms with Crippen molar-refractivity contribution >= 4 is 17.5 Å². The Morgan fingerprint density at radius 3 is 2.49 bits per heavy atom. The van der Waals surface area contributed by atoms with Crippen LogP contribution in [0.15, 0.2) is 79.4 Å². The highest BCUT2D eigenvalue weighted by Crippen LogP contribution is 2.31. The molecule has 0 spiro atoms. The summed E-state index contributed by atoms with van der Waals surface area (Å²) < 4.78 is 6.37. The van der Waals surface area contributed by atoms with E-state index >= 15 is 0 Å². The summed E-state index contributed by atoms with van der Waals surface area (Å²) in [7, 11) is 0. The van der Waals surface area contributed by atoms with Gasteiger partial charge in [-0.3, -0.25) is 0 Å². The second-order valence-electron chi connectivity index (χ2n) is 10.2. The normalized spacial score (nSPS) is 25.2. The van der Waals surface area contributed by atoms with Crippen LogP contribution in [0.4, 0.5) is 5.69 Å². The molecule has 0 fully saturated rings. The van der Waals surface area contributed by atoms with Gasteiger partial charge in [0.05, 0.1) is 0 Å². The maximum atomic E-state index is 6.37. The predicted octanol–water partition coefficient (Wildman–Crippen LogP) is 8.85. The molecule has 4 unspecified atom stereocenters. The zero-order valence-corrected chi connectivity index (χ0v) is 22.3. The van der Waals surface area contributed by atoms with Crippen molar-refractivity contribution in [2.45, 2.75) is 60.0 Å². The van der Waals surface area contributed by atoms with Crippen molar-refractivity contribution in [3.8, 4) is 0 Å². The fraction of sp³-hybridized carbons (Fsp3) is 0.394. The largest absolute Gasteiger partial charge is 0.490 e. The average Bonchev–Trinajstić information content (AvgIpc) is 2.84. The van der Waals surface area contributed by atoms with E-state index in [0.717, 1.165) is 37.1 Å². The Morgan fingerprint density at radius 2 is 1.74 bits per heavy atom. The van der Waals surface area contributed by atoms with Crippen LogP contribution >= 0.6 is 0 Å². The fourth-order valence-corrected chi connectivity index (χ4v) is 4.58. The van der Waals surface area contributed by atoms with Crippen molar-refractivity contribution in [3.63, 3.8) is 0 Å². The number of aryl methyl sites for hydroxylation is 2. The number of ether oxygens (including phenoxy) is 1. The standard InChI is InChI=1S/C33H43NO/c1-23-13-11-15-31-22-30(14-12-20-34-32-16-9-8-10-17-32)21-26(4)33(31)29(7)35-28(6)25(3)19-18-24(2)27(23)5/h8-11,15-19,21-23,25,27-28,34H,2,7,12-14,20H2,1,3-6H3/b15-11+,19-18-. The number of hydrogen-bond acceptors (Lipinski definition) is 2. The molecule has 2 nitrogen and oxygen atoms in total. The van der Waals surface area contributed by atoms with Gasteiger partial charge in [-0.25, -0.2) is 0 Å². The number of rotatable bonds is 5. The van der Waals surface area contributed by atoms with Crippen molar-refractivity contribution in [2.75, 3.05) is 11.9 Å². The van der Waals surface area contributed by atoms with Gasteiger partial charge in [0.1, 0.15) is 11.9 Å². The molecule has 1 heterocycles. The van der Waals surface area contributed by atoms with Gasteiger partial charge in [-0.1, -0.05) is 94.1 Å². The Labute approximate surface area is 213 Å². The molecule has 1 aliphatic rings. The predicted molar refractivity (Wildman–Crippen MR) is 153 cm³/mol. The molecular formula is C33H43NO. The van der Waals surface area contributed by atoms with E-state index in [4.69, 9.17) is 4.74 Å². The molecule has 1 aliphatic heterocycles. The number of hydrogen-bond donors (Lipinski definition) is 1. The van der Waals surface area contributed by atoms with Crippen LogP contribution in [0.3, 0.4) is 0 Å². The van der Waals surface area contributed by atoms with E-state index in [0.29, 0.717) is 11.8 Å². The first kappa shape index (κ1) is 26.6. The lowest BCUT2D eigenvalue weighted by molar-refractivity contribution is 0.150. The van der Waals surface area contributed by atoms with E-state index in [2.05, 4.69) is 114 Å². The van der Waals surface area contributed by atoms with E-state index < -0.39 is 0 Å². The van der Waals surface area contributed by atoms with Crippen molar-refractivity contribution in [1.29, 1.82) is 0 Å². The maximum Gasteiger partial charge on any atom is 0.120 e. The number of para-hydroxylation sites is 1. The summed E-state index contributed by atoms with van der Waals surface area (Å²) >= 11 is 0. The zero-order valence-electron chi connectivity index (χ0n) is 22.3. The lowest BCUT2D eigenvalue weighted by atomic mass is 9.86. The number of fused-ring (bicyclic) bond motifs is 1. The lowest BCUT2D eigenvalue weighted by Gasteiger charge is -2.24. The summed E-state index contributed by atoms with van der Waals surface area (Å²) in [5.41, 5.74) is 7.26. The van der Waals surface area contributed by atoms with Crippen LogP contribution in [0.2, 0.25) is 0 Å². The quantitative estimate of drug-likeness (QED) is 0.442. The molecule has 0 aromatic heterocycles. The van der Waals surface area contributed by atoms with Crippen LogP contribution in [0.5, 0.6) is 0 Å². The first-order valence-corrected chi connectivity index (χ1v) is 13.1. The Hall–Kier alpha value is -3.00. The molecule has 0 bridgehead atoms. The van der Waals surface area contributed by atoms with Crippen molar-refractivity contribution in [2.24, 2.45) is 17.8 Å². The molecule has 2 heteroatoms. The number of allylic oxidation sites excluding steroid dienone is 3. The van der Waals surface area contributed by atoms with Gasteiger partial charge >= 0.3 is 0 Å². The number of nitrogens with one attached hydrogen (secondary N) is 1. The molecule has 0 amide bonds. The van der Waals surface area contributed by atoms with Gasteiger partial charge in [0.2, 0.25) is 0 Å². The van der Waals surface area contributed by atoms with Gasteiger partial charge in [-0.15, -0.1) is 0 Å². The number of benzene rings is 2. The summed E-state index contributed by atoms with van der Waals surface area (Å²) in [5.74, 6) is 1.98. The molecule has 4 atom stereocenters. The van der Waals surface area contributed by atoms with E-state index in [1.54, 1.807) is 0 Å². The first-order valence-electron chi connectivity index (χ1n) is 13.1. The summed E-state index contributed by atoms with van der Waals surface area (Å²) in [4.78, 5) is 0. The molecule has 2 aromatic rings. The summed E-state index contributed by atoms with van der Waals surface area (Å²) in [6, 6.07) is 15.0. The molecule has 35 heavy (non-hydrogen) atoms. The molecule has 0 saturated carbocycles. The van der Waals surface area contributed by atoms with E-state index in [9.17, 15) is 0 Å². The van der Waals surface area contributed by atoms with E-state index in [1.807, 2.05) is 6.07 Å². The highest BCUT2D eigenvalue weighted by atomic mass is 16.5. The second-order valence-corrected chi connectivity index (χ2v) is 10.2. The molecule has 186 valence electrons. The molecule has 0 aliphatic carbocycles. The van der Waals surface area contributed by atoms with Crippen LogP contribution in [0, 0.1) is 24.7 Å². The molecule has 3 rings (SSSR count). The minimum atomic E-state index is 0.0298.